The highest BCUT2D eigenvalue weighted by Gasteiger charge is 2.35. The van der Waals surface area contributed by atoms with Crippen LogP contribution in [0.3, 0.4) is 0 Å². The van der Waals surface area contributed by atoms with E-state index in [1.165, 1.54) is 0 Å². The van der Waals surface area contributed by atoms with Gasteiger partial charge in [-0.25, -0.2) is 4.79 Å². The van der Waals surface area contributed by atoms with Gasteiger partial charge in [0, 0.05) is 54.6 Å². The van der Waals surface area contributed by atoms with Gasteiger partial charge in [0.1, 0.15) is 18.5 Å². The number of nitrogens with zero attached hydrogens (tertiary/aromatic N) is 2. The van der Waals surface area contributed by atoms with Crippen LogP contribution in [-0.4, -0.2) is 56.0 Å². The number of para-hydroxylation sites is 2. The number of carbonyl (C=O) groups is 2. The number of anilines is 3. The zero-order valence-corrected chi connectivity index (χ0v) is 25.4. The standard InChI is InChI=1S/C35H35N5O6/c1-44-26-7-4-6-25(16-26)37-35(43)38-28-15-23(34(42)36-17-27-21-45-31-9-2-3-10-32(31)46-27)12-13-30(28)39-18-22-14-24(20-39)29-8-5-11-33(41)40(29)19-22/h2-13,15-16,22,24,27H,14,17-21H2,1H3,(H,36,42)(H2,37,38,43)/t22-,24+,27+/m1/s1. The van der Waals surface area contributed by atoms with Crippen LogP contribution in [0.25, 0.3) is 0 Å². The molecule has 3 aliphatic rings. The van der Waals surface area contributed by atoms with Crippen molar-refractivity contribution in [1.82, 2.24) is 9.88 Å². The summed E-state index contributed by atoms with van der Waals surface area (Å²) in [6.07, 6.45) is 0.657. The first kappa shape index (κ1) is 29.3. The summed E-state index contributed by atoms with van der Waals surface area (Å²) in [5.74, 6) is 2.09. The molecule has 236 valence electrons. The lowest BCUT2D eigenvalue weighted by molar-refractivity contribution is 0.0789. The number of carbonyl (C=O) groups excluding carboxylic acids is 2. The Morgan fingerprint density at radius 1 is 0.913 bits per heavy atom. The fraction of sp³-hybridized carbons (Fsp3) is 0.286. The minimum Gasteiger partial charge on any atom is -0.497 e. The normalized spacial score (nSPS) is 19.4. The average Bonchev–Trinajstić information content (AvgIpc) is 3.07. The van der Waals surface area contributed by atoms with E-state index >= 15 is 0 Å². The predicted molar refractivity (Wildman–Crippen MR) is 175 cm³/mol. The van der Waals surface area contributed by atoms with Crippen LogP contribution < -0.4 is 40.6 Å². The zero-order valence-electron chi connectivity index (χ0n) is 25.4. The molecule has 3 aromatic carbocycles. The number of amides is 3. The predicted octanol–water partition coefficient (Wildman–Crippen LogP) is 4.69. The molecule has 1 saturated heterocycles. The third kappa shape index (κ3) is 6.08. The monoisotopic (exact) mass is 621 g/mol. The van der Waals surface area contributed by atoms with Crippen molar-refractivity contribution >= 4 is 29.0 Å². The number of aromatic nitrogens is 1. The molecule has 3 N–H and O–H groups in total. The Hall–Kier alpha value is -5.45. The largest absolute Gasteiger partial charge is 0.497 e. The lowest BCUT2D eigenvalue weighted by Gasteiger charge is -2.44. The second-order valence-electron chi connectivity index (χ2n) is 11.9. The number of pyridine rings is 1. The summed E-state index contributed by atoms with van der Waals surface area (Å²) < 4.78 is 19.0. The van der Waals surface area contributed by atoms with Crippen molar-refractivity contribution in [3.63, 3.8) is 0 Å². The van der Waals surface area contributed by atoms with Crippen LogP contribution in [-0.2, 0) is 6.54 Å². The molecule has 4 aromatic rings. The first-order valence-electron chi connectivity index (χ1n) is 15.4. The Bertz CT molecular complexity index is 1840. The number of urea groups is 1. The summed E-state index contributed by atoms with van der Waals surface area (Å²) in [5.41, 5.74) is 3.34. The highest BCUT2D eigenvalue weighted by molar-refractivity contribution is 6.04. The Labute approximate surface area is 266 Å². The van der Waals surface area contributed by atoms with Gasteiger partial charge in [0.25, 0.3) is 11.5 Å². The highest BCUT2D eigenvalue weighted by Crippen LogP contribution is 2.39. The number of benzene rings is 3. The SMILES string of the molecule is COc1cccc(NC(=O)Nc2cc(C(=O)NC[C@H]3COc4ccccc4O3)ccc2N2C[C@H]3C[C@@H](C2)c2cccc(=O)n2C3)c1. The maximum absolute atomic E-state index is 13.4. The van der Waals surface area contributed by atoms with E-state index in [1.54, 1.807) is 49.6 Å². The van der Waals surface area contributed by atoms with E-state index in [1.807, 2.05) is 47.0 Å². The number of piperidine rings is 1. The number of hydrogen-bond donors (Lipinski definition) is 3. The Morgan fingerprint density at radius 3 is 2.63 bits per heavy atom. The average molecular weight is 622 g/mol. The molecular weight excluding hydrogens is 586 g/mol. The van der Waals surface area contributed by atoms with E-state index in [4.69, 9.17) is 14.2 Å². The van der Waals surface area contributed by atoms with Crippen LogP contribution in [0.2, 0.25) is 0 Å². The van der Waals surface area contributed by atoms with Gasteiger partial charge in [-0.15, -0.1) is 0 Å². The molecule has 2 bridgehead atoms. The first-order chi connectivity index (χ1) is 22.4. The molecule has 1 aromatic heterocycles. The quantitative estimate of drug-likeness (QED) is 0.274. The Balaban J connectivity index is 1.11. The maximum Gasteiger partial charge on any atom is 0.323 e. The number of nitrogens with one attached hydrogen (secondary N) is 3. The Morgan fingerprint density at radius 2 is 1.76 bits per heavy atom. The van der Waals surface area contributed by atoms with Gasteiger partial charge in [-0.2, -0.15) is 0 Å². The van der Waals surface area contributed by atoms with Crippen molar-refractivity contribution in [2.75, 3.05) is 48.9 Å². The van der Waals surface area contributed by atoms with Gasteiger partial charge >= 0.3 is 6.03 Å². The molecule has 0 radical (unpaired) electrons. The van der Waals surface area contributed by atoms with Gasteiger partial charge < -0.3 is 39.6 Å². The molecule has 7 rings (SSSR count). The second kappa shape index (κ2) is 12.5. The van der Waals surface area contributed by atoms with Gasteiger partial charge in [-0.05, 0) is 60.9 Å². The van der Waals surface area contributed by atoms with E-state index in [2.05, 4.69) is 20.9 Å². The van der Waals surface area contributed by atoms with Gasteiger partial charge in [-0.1, -0.05) is 24.3 Å². The summed E-state index contributed by atoms with van der Waals surface area (Å²) in [6.45, 7) is 2.62. The Kier molecular flexibility index (Phi) is 7.96. The van der Waals surface area contributed by atoms with E-state index in [0.29, 0.717) is 53.9 Å². The zero-order chi connectivity index (χ0) is 31.6. The molecule has 11 nitrogen and oxygen atoms in total. The molecule has 4 heterocycles. The second-order valence-corrected chi connectivity index (χ2v) is 11.9. The minimum absolute atomic E-state index is 0.0296. The van der Waals surface area contributed by atoms with Gasteiger partial charge in [0.2, 0.25) is 0 Å². The lowest BCUT2D eigenvalue weighted by Crippen LogP contribution is -2.47. The minimum atomic E-state index is -0.451. The summed E-state index contributed by atoms with van der Waals surface area (Å²) in [4.78, 5) is 41.4. The fourth-order valence-electron chi connectivity index (χ4n) is 6.60. The molecule has 0 unspecified atom stereocenters. The van der Waals surface area contributed by atoms with Crippen LogP contribution in [0.15, 0.2) is 89.7 Å². The van der Waals surface area contributed by atoms with E-state index in [9.17, 15) is 14.4 Å². The fourth-order valence-corrected chi connectivity index (χ4v) is 6.60. The molecule has 3 atom stereocenters. The summed E-state index contributed by atoms with van der Waals surface area (Å²) in [6, 6.07) is 24.9. The summed E-state index contributed by atoms with van der Waals surface area (Å²) in [7, 11) is 1.57. The highest BCUT2D eigenvalue weighted by atomic mass is 16.6. The van der Waals surface area contributed by atoms with Crippen molar-refractivity contribution < 1.29 is 23.8 Å². The molecule has 0 saturated carbocycles. The van der Waals surface area contributed by atoms with Gasteiger partial charge in [0.05, 0.1) is 25.0 Å². The molecule has 46 heavy (non-hydrogen) atoms. The molecule has 3 amide bonds. The summed E-state index contributed by atoms with van der Waals surface area (Å²) >= 11 is 0. The number of hydrogen-bond acceptors (Lipinski definition) is 7. The van der Waals surface area contributed by atoms with Gasteiger partial charge in [0.15, 0.2) is 11.5 Å². The molecule has 3 aliphatic heterocycles. The van der Waals surface area contributed by atoms with Crippen molar-refractivity contribution in [2.45, 2.75) is 25.0 Å². The van der Waals surface area contributed by atoms with E-state index < -0.39 is 6.03 Å². The van der Waals surface area contributed by atoms with Crippen molar-refractivity contribution in [3.05, 3.63) is 107 Å². The van der Waals surface area contributed by atoms with E-state index in [0.717, 1.165) is 24.3 Å². The van der Waals surface area contributed by atoms with Crippen LogP contribution in [0.1, 0.15) is 28.4 Å². The molecular formula is C35H35N5O6. The topological polar surface area (TPSA) is 123 Å². The van der Waals surface area contributed by atoms with Crippen LogP contribution in [0.5, 0.6) is 17.2 Å². The number of fused-ring (bicyclic) bond motifs is 5. The number of rotatable bonds is 7. The number of ether oxygens (including phenoxy) is 3. The van der Waals surface area contributed by atoms with Crippen LogP contribution in [0.4, 0.5) is 21.9 Å². The van der Waals surface area contributed by atoms with Crippen molar-refractivity contribution in [1.29, 1.82) is 0 Å². The smallest absolute Gasteiger partial charge is 0.323 e. The van der Waals surface area contributed by atoms with Crippen molar-refractivity contribution in [3.8, 4) is 17.2 Å². The molecule has 1 fully saturated rings. The van der Waals surface area contributed by atoms with Crippen LogP contribution >= 0.6 is 0 Å². The number of methoxy groups -OCH3 is 1. The van der Waals surface area contributed by atoms with Crippen molar-refractivity contribution in [2.24, 2.45) is 5.92 Å². The lowest BCUT2D eigenvalue weighted by atomic mass is 9.83. The van der Waals surface area contributed by atoms with Gasteiger partial charge in [-0.3, -0.25) is 9.59 Å². The summed E-state index contributed by atoms with van der Waals surface area (Å²) in [5, 5.41) is 8.80. The third-order valence-corrected chi connectivity index (χ3v) is 8.71. The first-order valence-corrected chi connectivity index (χ1v) is 15.4. The maximum atomic E-state index is 13.4. The third-order valence-electron chi connectivity index (χ3n) is 8.71. The molecule has 0 spiro atoms. The molecule has 11 heteroatoms. The molecule has 0 aliphatic carbocycles. The van der Waals surface area contributed by atoms with Crippen LogP contribution in [0, 0.1) is 5.92 Å². The van der Waals surface area contributed by atoms with E-state index in [-0.39, 0.29) is 36.0 Å².